The molecule has 0 spiro atoms. The van der Waals surface area contributed by atoms with Crippen molar-refractivity contribution in [2.45, 2.75) is 0 Å². The van der Waals surface area contributed by atoms with Gasteiger partial charge in [0.15, 0.2) is 0 Å². The third-order valence-corrected chi connectivity index (χ3v) is 3.81. The molecule has 3 aromatic rings. The summed E-state index contributed by atoms with van der Waals surface area (Å²) in [5, 5.41) is 6.73. The second-order valence-corrected chi connectivity index (χ2v) is 5.72. The number of thiophene rings is 1. The molecule has 0 saturated carbocycles. The summed E-state index contributed by atoms with van der Waals surface area (Å²) < 4.78 is 5.80. The third-order valence-electron chi connectivity index (χ3n) is 2.56. The normalized spacial score (nSPS) is 10.8. The Balaban J connectivity index is 2.07. The zero-order valence-corrected chi connectivity index (χ0v) is 12.7. The lowest BCUT2D eigenvalue weighted by Gasteiger charge is -2.08. The van der Waals surface area contributed by atoms with E-state index in [4.69, 9.17) is 27.9 Å². The van der Waals surface area contributed by atoms with Crippen molar-refractivity contribution in [3.05, 3.63) is 39.7 Å². The van der Waals surface area contributed by atoms with E-state index in [0.29, 0.717) is 27.6 Å². The molecular formula is C13H9Cl2N3OS. The summed E-state index contributed by atoms with van der Waals surface area (Å²) >= 11 is 13.5. The fourth-order valence-electron chi connectivity index (χ4n) is 1.72. The minimum atomic E-state index is 0.471. The van der Waals surface area contributed by atoms with Crippen LogP contribution in [0.5, 0.6) is 11.6 Å². The number of hydrogen-bond donors (Lipinski definition) is 1. The maximum Gasteiger partial charge on any atom is 0.232 e. The van der Waals surface area contributed by atoms with E-state index < -0.39 is 0 Å². The van der Waals surface area contributed by atoms with E-state index in [9.17, 15) is 0 Å². The van der Waals surface area contributed by atoms with Gasteiger partial charge >= 0.3 is 0 Å². The molecule has 0 unspecified atom stereocenters. The first-order valence-electron chi connectivity index (χ1n) is 5.72. The van der Waals surface area contributed by atoms with Crippen LogP contribution in [0.15, 0.2) is 29.6 Å². The maximum absolute atomic E-state index is 5.96. The average molecular weight is 326 g/mol. The minimum Gasteiger partial charge on any atom is -0.438 e. The Morgan fingerprint density at radius 1 is 1.15 bits per heavy atom. The Morgan fingerprint density at radius 3 is 2.60 bits per heavy atom. The number of nitrogens with zero attached hydrogens (tertiary/aromatic N) is 2. The molecular weight excluding hydrogens is 317 g/mol. The molecule has 3 rings (SSSR count). The molecule has 0 atom stereocenters. The molecule has 2 heterocycles. The predicted molar refractivity (Wildman–Crippen MR) is 83.5 cm³/mol. The van der Waals surface area contributed by atoms with Gasteiger partial charge < -0.3 is 10.1 Å². The molecule has 2 aromatic heterocycles. The number of halogens is 2. The molecule has 0 radical (unpaired) electrons. The van der Waals surface area contributed by atoms with Crippen molar-refractivity contribution in [2.24, 2.45) is 0 Å². The molecule has 102 valence electrons. The predicted octanol–water partition coefficient (Wildman–Crippen LogP) is 4.83. The average Bonchev–Trinajstić information content (AvgIpc) is 2.85. The summed E-state index contributed by atoms with van der Waals surface area (Å²) in [7, 11) is 1.76. The van der Waals surface area contributed by atoms with Crippen LogP contribution < -0.4 is 10.1 Å². The third kappa shape index (κ3) is 2.65. The van der Waals surface area contributed by atoms with Crippen LogP contribution in [0.1, 0.15) is 0 Å². The highest BCUT2D eigenvalue weighted by Crippen LogP contribution is 2.33. The quantitative estimate of drug-likeness (QED) is 0.749. The highest BCUT2D eigenvalue weighted by atomic mass is 35.5. The van der Waals surface area contributed by atoms with Crippen molar-refractivity contribution in [3.8, 4) is 11.6 Å². The van der Waals surface area contributed by atoms with Crippen LogP contribution in [0, 0.1) is 0 Å². The van der Waals surface area contributed by atoms with E-state index in [0.717, 1.165) is 10.2 Å². The largest absolute Gasteiger partial charge is 0.438 e. The van der Waals surface area contributed by atoms with Gasteiger partial charge in [-0.1, -0.05) is 23.2 Å². The number of anilines is 1. The smallest absolute Gasteiger partial charge is 0.232 e. The van der Waals surface area contributed by atoms with E-state index in [1.54, 1.807) is 25.2 Å². The fraction of sp³-hybridized carbons (Fsp3) is 0.0769. The van der Waals surface area contributed by atoms with Crippen molar-refractivity contribution in [1.82, 2.24) is 9.97 Å². The monoisotopic (exact) mass is 325 g/mol. The topological polar surface area (TPSA) is 47.0 Å². The van der Waals surface area contributed by atoms with Crippen LogP contribution in [-0.4, -0.2) is 17.0 Å². The molecule has 4 nitrogen and oxygen atoms in total. The van der Waals surface area contributed by atoms with E-state index in [1.807, 2.05) is 11.4 Å². The molecule has 0 aliphatic heterocycles. The van der Waals surface area contributed by atoms with Crippen molar-refractivity contribution >= 4 is 50.7 Å². The van der Waals surface area contributed by atoms with Crippen molar-refractivity contribution in [2.75, 3.05) is 12.4 Å². The van der Waals surface area contributed by atoms with Gasteiger partial charge in [0.25, 0.3) is 0 Å². The number of ether oxygens (including phenoxy) is 1. The van der Waals surface area contributed by atoms with Crippen molar-refractivity contribution in [1.29, 1.82) is 0 Å². The molecule has 0 saturated heterocycles. The van der Waals surface area contributed by atoms with Crippen molar-refractivity contribution < 1.29 is 4.74 Å². The highest BCUT2D eigenvalue weighted by Gasteiger charge is 2.11. The maximum atomic E-state index is 5.96. The highest BCUT2D eigenvalue weighted by molar-refractivity contribution is 7.16. The zero-order valence-electron chi connectivity index (χ0n) is 10.4. The van der Waals surface area contributed by atoms with Crippen LogP contribution in [0.4, 0.5) is 5.95 Å². The van der Waals surface area contributed by atoms with E-state index in [-0.39, 0.29) is 0 Å². The van der Waals surface area contributed by atoms with Crippen LogP contribution >= 0.6 is 34.5 Å². The second kappa shape index (κ2) is 5.44. The Hall–Kier alpha value is -1.56. The molecule has 1 N–H and O–H groups in total. The van der Waals surface area contributed by atoms with Gasteiger partial charge in [-0.05, 0) is 29.6 Å². The van der Waals surface area contributed by atoms with Crippen LogP contribution in [0.3, 0.4) is 0 Å². The number of nitrogens with one attached hydrogen (secondary N) is 1. The van der Waals surface area contributed by atoms with E-state index in [1.165, 1.54) is 11.3 Å². The summed E-state index contributed by atoms with van der Waals surface area (Å²) in [6.07, 6.45) is 0. The lowest BCUT2D eigenvalue weighted by molar-refractivity contribution is 0.469. The zero-order chi connectivity index (χ0) is 14.1. The summed E-state index contributed by atoms with van der Waals surface area (Å²) in [6, 6.07) is 6.94. The molecule has 20 heavy (non-hydrogen) atoms. The van der Waals surface area contributed by atoms with Gasteiger partial charge in [0.05, 0.1) is 5.39 Å². The molecule has 0 aliphatic carbocycles. The summed E-state index contributed by atoms with van der Waals surface area (Å²) in [5.74, 6) is 1.51. The first kappa shape index (κ1) is 13.4. The Kier molecular flexibility index (Phi) is 3.65. The number of rotatable bonds is 3. The van der Waals surface area contributed by atoms with Crippen LogP contribution in [0.2, 0.25) is 10.0 Å². The number of benzene rings is 1. The second-order valence-electron chi connectivity index (χ2n) is 3.95. The lowest BCUT2D eigenvalue weighted by Crippen LogP contribution is -1.98. The van der Waals surface area contributed by atoms with Gasteiger partial charge in [0, 0.05) is 17.1 Å². The number of aromatic nitrogens is 2. The molecule has 0 fully saturated rings. The van der Waals surface area contributed by atoms with Gasteiger partial charge in [-0.3, -0.25) is 0 Å². The summed E-state index contributed by atoms with van der Waals surface area (Å²) in [5.41, 5.74) is 0. The molecule has 7 heteroatoms. The first-order valence-corrected chi connectivity index (χ1v) is 7.36. The standard InChI is InChI=1S/C13H9Cl2N3OS/c1-16-13-17-11(10-2-3-20-12(10)18-13)19-9-5-7(14)4-8(15)6-9/h2-6H,1H3,(H,16,17,18). The lowest BCUT2D eigenvalue weighted by atomic mass is 10.3. The molecule has 0 aliphatic rings. The summed E-state index contributed by atoms with van der Waals surface area (Å²) in [6.45, 7) is 0. The van der Waals surface area contributed by atoms with Crippen LogP contribution in [0.25, 0.3) is 10.2 Å². The van der Waals surface area contributed by atoms with Gasteiger partial charge in [-0.25, -0.2) is 4.98 Å². The van der Waals surface area contributed by atoms with Crippen LogP contribution in [-0.2, 0) is 0 Å². The number of hydrogen-bond acceptors (Lipinski definition) is 5. The van der Waals surface area contributed by atoms with Gasteiger partial charge in [0.2, 0.25) is 11.8 Å². The summed E-state index contributed by atoms with van der Waals surface area (Å²) in [4.78, 5) is 9.53. The Labute approximate surface area is 129 Å². The van der Waals surface area contributed by atoms with Crippen molar-refractivity contribution in [3.63, 3.8) is 0 Å². The fourth-order valence-corrected chi connectivity index (χ4v) is 2.98. The van der Waals surface area contributed by atoms with Gasteiger partial charge in [0.1, 0.15) is 10.6 Å². The molecule has 1 aromatic carbocycles. The molecule has 0 bridgehead atoms. The first-order chi connectivity index (χ1) is 9.65. The Bertz CT molecular complexity index is 755. The number of fused-ring (bicyclic) bond motifs is 1. The van der Waals surface area contributed by atoms with E-state index in [2.05, 4.69) is 15.3 Å². The van der Waals surface area contributed by atoms with Gasteiger partial charge in [-0.2, -0.15) is 4.98 Å². The SMILES string of the molecule is CNc1nc(Oc2cc(Cl)cc(Cl)c2)c2ccsc2n1. The minimum absolute atomic E-state index is 0.471. The Morgan fingerprint density at radius 2 is 1.90 bits per heavy atom. The van der Waals surface area contributed by atoms with Gasteiger partial charge in [-0.15, -0.1) is 11.3 Å². The van der Waals surface area contributed by atoms with E-state index >= 15 is 0 Å². The molecule has 0 amide bonds.